The number of aromatic amines is 1. The van der Waals surface area contributed by atoms with E-state index in [9.17, 15) is 0 Å². The zero-order valence-corrected chi connectivity index (χ0v) is 24.9. The van der Waals surface area contributed by atoms with Crippen molar-refractivity contribution < 1.29 is 4.39 Å². The molecule has 3 N–H and O–H groups in total. The molecule has 1 aliphatic heterocycles. The second-order valence-electron chi connectivity index (χ2n) is 11.9. The van der Waals surface area contributed by atoms with Gasteiger partial charge in [-0.2, -0.15) is 0 Å². The molecule has 0 spiro atoms. The fraction of sp³-hybridized carbons (Fsp3) is 0.314. The molecule has 0 atom stereocenters. The maximum absolute atomic E-state index is 15.2. The lowest BCUT2D eigenvalue weighted by Gasteiger charge is -2.39. The highest BCUT2D eigenvalue weighted by molar-refractivity contribution is 6.00. The Balaban J connectivity index is 1.39. The van der Waals surface area contributed by atoms with Gasteiger partial charge in [0.25, 0.3) is 0 Å². The summed E-state index contributed by atoms with van der Waals surface area (Å²) >= 11 is 0. The van der Waals surface area contributed by atoms with Crippen LogP contribution in [0.2, 0.25) is 0 Å². The van der Waals surface area contributed by atoms with Crippen molar-refractivity contribution in [1.29, 1.82) is 0 Å². The number of piperazine rings is 1. The highest BCUT2D eigenvalue weighted by Gasteiger charge is 2.23. The van der Waals surface area contributed by atoms with Crippen LogP contribution in [0.4, 0.5) is 4.39 Å². The molecule has 3 aromatic rings. The summed E-state index contributed by atoms with van der Waals surface area (Å²) in [6, 6.07) is 13.5. The molecule has 0 amide bonds. The predicted octanol–water partition coefficient (Wildman–Crippen LogP) is 7.22. The molecule has 2 aromatic carbocycles. The molecule has 0 bridgehead atoms. The van der Waals surface area contributed by atoms with Gasteiger partial charge in [0, 0.05) is 84.8 Å². The molecular formula is C35H44FN5. The van der Waals surface area contributed by atoms with Gasteiger partial charge in [0.1, 0.15) is 5.82 Å². The Labute approximate surface area is 244 Å². The Bertz CT molecular complexity index is 1450. The fourth-order valence-electron chi connectivity index (χ4n) is 5.35. The molecule has 0 saturated carbocycles. The third kappa shape index (κ3) is 7.12. The highest BCUT2D eigenvalue weighted by Crippen LogP contribution is 2.35. The van der Waals surface area contributed by atoms with Gasteiger partial charge >= 0.3 is 0 Å². The summed E-state index contributed by atoms with van der Waals surface area (Å²) in [5.74, 6) is -0.300. The number of H-pyrrole nitrogens is 1. The van der Waals surface area contributed by atoms with Gasteiger partial charge in [0.15, 0.2) is 0 Å². The van der Waals surface area contributed by atoms with Gasteiger partial charge in [-0.25, -0.2) is 4.39 Å². The quantitative estimate of drug-likeness (QED) is 0.164. The van der Waals surface area contributed by atoms with Crippen molar-refractivity contribution >= 4 is 27.9 Å². The fourth-order valence-corrected chi connectivity index (χ4v) is 5.35. The van der Waals surface area contributed by atoms with Crippen LogP contribution in [0.1, 0.15) is 43.9 Å². The van der Waals surface area contributed by atoms with Gasteiger partial charge in [-0.3, -0.25) is 0 Å². The second kappa shape index (κ2) is 12.5. The van der Waals surface area contributed by atoms with E-state index in [2.05, 4.69) is 91.2 Å². The maximum Gasteiger partial charge on any atom is 0.133 e. The van der Waals surface area contributed by atoms with E-state index < -0.39 is 0 Å². The maximum atomic E-state index is 15.2. The van der Waals surface area contributed by atoms with Gasteiger partial charge in [0.2, 0.25) is 0 Å². The van der Waals surface area contributed by atoms with Crippen molar-refractivity contribution in [2.24, 2.45) is 5.41 Å². The number of nitrogens with one attached hydrogen (secondary N) is 3. The Kier molecular flexibility index (Phi) is 9.11. The molecular weight excluding hydrogens is 509 g/mol. The van der Waals surface area contributed by atoms with Crippen molar-refractivity contribution in [3.05, 3.63) is 115 Å². The zero-order chi connectivity index (χ0) is 29.7. The van der Waals surface area contributed by atoms with Crippen LogP contribution < -0.4 is 10.6 Å². The van der Waals surface area contributed by atoms with E-state index in [1.54, 1.807) is 6.07 Å². The van der Waals surface area contributed by atoms with Gasteiger partial charge in [0.05, 0.1) is 5.52 Å². The van der Waals surface area contributed by atoms with E-state index in [1.165, 1.54) is 6.07 Å². The molecule has 0 unspecified atom stereocenters. The molecule has 6 heteroatoms. The molecule has 5 nitrogen and oxygen atoms in total. The number of nitrogens with zero attached hydrogens (tertiary/aromatic N) is 2. The number of halogens is 1. The standard InChI is InChI=1S/C35H44FN5/c1-24(22-35(6,7)8)37-16-17-38-26(3)30-14-15-32(36)33-31(23-39-34(30)33)25(2)27(4)40-18-20-41(21-19-40)28(5)29-12-10-9-11-13-29/h9-15,23,37-39H,1-5,16-22H2,6-8H3. The van der Waals surface area contributed by atoms with Crippen LogP contribution in [0.25, 0.3) is 27.9 Å². The number of aromatic nitrogens is 1. The summed E-state index contributed by atoms with van der Waals surface area (Å²) < 4.78 is 15.2. The molecule has 1 aliphatic rings. The topological polar surface area (TPSA) is 46.3 Å². The SMILES string of the molecule is C=C(CC(C)(C)C)NCCNC(=C)c1ccc(F)c2c(C(=C)C(=C)N3CCN(C(=C)c4ccccc4)CC3)c[nH]c12. The first kappa shape index (κ1) is 29.8. The number of hydrogen-bond acceptors (Lipinski definition) is 4. The van der Waals surface area contributed by atoms with Crippen molar-refractivity contribution in [2.45, 2.75) is 27.2 Å². The molecule has 0 radical (unpaired) electrons. The Morgan fingerprint density at radius 3 is 2.15 bits per heavy atom. The third-order valence-corrected chi connectivity index (χ3v) is 7.52. The van der Waals surface area contributed by atoms with Gasteiger partial charge < -0.3 is 25.4 Å². The van der Waals surface area contributed by atoms with Crippen LogP contribution in [0.3, 0.4) is 0 Å². The van der Waals surface area contributed by atoms with E-state index in [-0.39, 0.29) is 11.2 Å². The summed E-state index contributed by atoms with van der Waals surface area (Å²) in [6.45, 7) is 32.5. The monoisotopic (exact) mass is 553 g/mol. The van der Waals surface area contributed by atoms with Gasteiger partial charge in [-0.15, -0.1) is 0 Å². The van der Waals surface area contributed by atoms with Gasteiger partial charge in [-0.05, 0) is 35.1 Å². The lowest BCUT2D eigenvalue weighted by Crippen LogP contribution is -2.44. The van der Waals surface area contributed by atoms with Gasteiger partial charge in [-0.1, -0.05) is 84.0 Å². The van der Waals surface area contributed by atoms with Crippen LogP contribution in [0.15, 0.2) is 93.0 Å². The predicted molar refractivity (Wildman–Crippen MR) is 173 cm³/mol. The number of benzene rings is 2. The first-order valence-corrected chi connectivity index (χ1v) is 14.2. The number of allylic oxidation sites excluding steroid dienone is 2. The van der Waals surface area contributed by atoms with E-state index in [0.717, 1.165) is 73.1 Å². The molecule has 1 fully saturated rings. The van der Waals surface area contributed by atoms with Crippen LogP contribution >= 0.6 is 0 Å². The molecule has 216 valence electrons. The highest BCUT2D eigenvalue weighted by atomic mass is 19.1. The molecule has 4 rings (SSSR count). The van der Waals surface area contributed by atoms with Crippen LogP contribution in [-0.2, 0) is 0 Å². The normalized spacial score (nSPS) is 13.7. The summed E-state index contributed by atoms with van der Waals surface area (Å²) in [7, 11) is 0. The summed E-state index contributed by atoms with van der Waals surface area (Å²) in [5.41, 5.74) is 7.85. The summed E-state index contributed by atoms with van der Waals surface area (Å²) in [5, 5.41) is 7.24. The summed E-state index contributed by atoms with van der Waals surface area (Å²) in [4.78, 5) is 7.80. The van der Waals surface area contributed by atoms with E-state index in [4.69, 9.17) is 0 Å². The minimum Gasteiger partial charge on any atom is -0.387 e. The Morgan fingerprint density at radius 2 is 1.49 bits per heavy atom. The molecule has 0 aliphatic carbocycles. The van der Waals surface area contributed by atoms with Crippen molar-refractivity contribution in [3.8, 4) is 0 Å². The average molecular weight is 554 g/mol. The largest absolute Gasteiger partial charge is 0.387 e. The first-order chi connectivity index (χ1) is 19.5. The van der Waals surface area contributed by atoms with Crippen LogP contribution in [-0.4, -0.2) is 54.1 Å². The van der Waals surface area contributed by atoms with Crippen molar-refractivity contribution in [1.82, 2.24) is 25.4 Å². The number of rotatable bonds is 12. The van der Waals surface area contributed by atoms with E-state index in [0.29, 0.717) is 28.6 Å². The Hall–Kier alpha value is -4.19. The Morgan fingerprint density at radius 1 is 0.854 bits per heavy atom. The average Bonchev–Trinajstić information content (AvgIpc) is 3.40. The minimum absolute atomic E-state index is 0.188. The number of fused-ring (bicyclic) bond motifs is 1. The first-order valence-electron chi connectivity index (χ1n) is 14.2. The summed E-state index contributed by atoms with van der Waals surface area (Å²) in [6.07, 6.45) is 2.73. The lowest BCUT2D eigenvalue weighted by atomic mass is 9.91. The van der Waals surface area contributed by atoms with Crippen LogP contribution in [0.5, 0.6) is 0 Å². The van der Waals surface area contributed by atoms with Crippen molar-refractivity contribution in [3.63, 3.8) is 0 Å². The second-order valence-corrected chi connectivity index (χ2v) is 11.9. The molecule has 1 saturated heterocycles. The number of hydrogen-bond donors (Lipinski definition) is 3. The minimum atomic E-state index is -0.300. The van der Waals surface area contributed by atoms with Crippen LogP contribution in [0, 0.1) is 11.2 Å². The van der Waals surface area contributed by atoms with E-state index in [1.807, 2.05) is 24.4 Å². The van der Waals surface area contributed by atoms with E-state index >= 15 is 4.39 Å². The molecule has 41 heavy (non-hydrogen) atoms. The molecule has 2 heterocycles. The zero-order valence-electron chi connectivity index (χ0n) is 24.9. The third-order valence-electron chi connectivity index (χ3n) is 7.52. The smallest absolute Gasteiger partial charge is 0.133 e. The van der Waals surface area contributed by atoms with Crippen molar-refractivity contribution in [2.75, 3.05) is 39.3 Å². The lowest BCUT2D eigenvalue weighted by molar-refractivity contribution is 0.220. The molecule has 1 aromatic heterocycles.